The highest BCUT2D eigenvalue weighted by Crippen LogP contribution is 2.30. The highest BCUT2D eigenvalue weighted by molar-refractivity contribution is 9.10. The van der Waals surface area contributed by atoms with Crippen molar-refractivity contribution in [1.29, 1.82) is 0 Å². The Bertz CT molecular complexity index is 2170. The van der Waals surface area contributed by atoms with E-state index in [2.05, 4.69) is 40.8 Å². The molecule has 0 fully saturated rings. The highest BCUT2D eigenvalue weighted by Gasteiger charge is 2.25. The van der Waals surface area contributed by atoms with Gasteiger partial charge in [0.05, 0.1) is 82.4 Å². The van der Waals surface area contributed by atoms with Crippen LogP contribution in [0.3, 0.4) is 0 Å². The Kier molecular flexibility index (Phi) is 16.2. The third-order valence-electron chi connectivity index (χ3n) is 7.69. The predicted octanol–water partition coefficient (Wildman–Crippen LogP) is 5.03. The number of halogens is 1. The molecule has 0 amide bonds. The van der Waals surface area contributed by atoms with Crippen LogP contribution in [-0.2, 0) is 25.4 Å². The van der Waals surface area contributed by atoms with E-state index in [0.717, 1.165) is 0 Å². The molecular formula is C40H49BrN10O8. The van der Waals surface area contributed by atoms with E-state index in [1.807, 2.05) is 0 Å². The molecule has 0 saturated heterocycles. The van der Waals surface area contributed by atoms with Crippen molar-refractivity contribution < 1.29 is 38.8 Å². The van der Waals surface area contributed by atoms with E-state index in [1.165, 1.54) is 12.1 Å². The van der Waals surface area contributed by atoms with E-state index in [1.54, 1.807) is 97.0 Å². The first kappa shape index (κ1) is 46.9. The van der Waals surface area contributed by atoms with Crippen molar-refractivity contribution in [2.75, 3.05) is 48.5 Å². The fourth-order valence-corrected chi connectivity index (χ4v) is 5.27. The number of carbonyl (C=O) groups is 3. The standard InChI is InChI=1S/C16H18N4O4.C16H22N4O2.C8H9BrN2O2/c1-3-23-15(21)13-9(17)5-7-11(19-13)12-8-6-10(18)14(20-12)16(22)24-4-2;1-15(2,21)13-9(17)5-7-11(19-13)12-8-6-10(18)14(20-12)16(3,4)22;1-2-13-8(12)7-5(10)3-4-6(9)11-7/h5-8H,3-4,17-18H2,1-2H3;5-8,21-22H,17-18H2,1-4H3;3-4H,2,10H2,1H3. The molecule has 5 aromatic heterocycles. The summed E-state index contributed by atoms with van der Waals surface area (Å²) in [6, 6.07) is 16.3. The van der Waals surface area contributed by atoms with Gasteiger partial charge in [0.2, 0.25) is 0 Å². The molecule has 59 heavy (non-hydrogen) atoms. The SMILES string of the molecule is CC(C)(O)c1nc(-c2ccc(N)c(C(C)(C)O)n2)ccc1N.CCOC(=O)c1nc(-c2ccc(N)c(C(=O)OCC)n2)ccc1N.CCOC(=O)c1nc(Br)ccc1N. The van der Waals surface area contributed by atoms with E-state index in [4.69, 9.17) is 42.9 Å². The van der Waals surface area contributed by atoms with Crippen LogP contribution in [0.2, 0.25) is 0 Å². The number of carbonyl (C=O) groups excluding carboxylic acids is 3. The lowest BCUT2D eigenvalue weighted by atomic mass is 10.0. The van der Waals surface area contributed by atoms with Crippen LogP contribution in [-0.4, -0.2) is 72.9 Å². The molecule has 0 atom stereocenters. The minimum Gasteiger partial charge on any atom is -0.461 e. The second kappa shape index (κ2) is 20.3. The summed E-state index contributed by atoms with van der Waals surface area (Å²) in [4.78, 5) is 56.1. The Hall–Kier alpha value is -6.44. The lowest BCUT2D eigenvalue weighted by Crippen LogP contribution is -2.21. The van der Waals surface area contributed by atoms with E-state index in [-0.39, 0.29) is 41.7 Å². The van der Waals surface area contributed by atoms with E-state index in [0.29, 0.717) is 62.4 Å². The number of aromatic nitrogens is 5. The van der Waals surface area contributed by atoms with Crippen molar-refractivity contribution in [3.05, 3.63) is 93.7 Å². The number of esters is 3. The normalized spacial score (nSPS) is 10.9. The second-order valence-corrected chi connectivity index (χ2v) is 14.2. The van der Waals surface area contributed by atoms with E-state index >= 15 is 0 Å². The molecule has 0 radical (unpaired) electrons. The maximum atomic E-state index is 11.9. The molecule has 0 saturated carbocycles. The number of hydrogen-bond donors (Lipinski definition) is 7. The molecule has 314 valence electrons. The van der Waals surface area contributed by atoms with Crippen molar-refractivity contribution in [3.8, 4) is 22.8 Å². The first-order chi connectivity index (χ1) is 27.6. The fraction of sp³-hybridized carbons (Fsp3) is 0.300. The van der Waals surface area contributed by atoms with Crippen LogP contribution in [0.15, 0.2) is 65.3 Å². The highest BCUT2D eigenvalue weighted by atomic mass is 79.9. The van der Waals surface area contributed by atoms with Gasteiger partial charge in [-0.25, -0.2) is 39.3 Å². The Morgan fingerprint density at radius 3 is 1.07 bits per heavy atom. The summed E-state index contributed by atoms with van der Waals surface area (Å²) in [7, 11) is 0. The second-order valence-electron chi connectivity index (χ2n) is 13.4. The van der Waals surface area contributed by atoms with Gasteiger partial charge in [-0.1, -0.05) is 0 Å². The zero-order valence-electron chi connectivity index (χ0n) is 33.7. The number of nitrogens with zero attached hydrogens (tertiary/aromatic N) is 5. The third kappa shape index (κ3) is 12.8. The van der Waals surface area contributed by atoms with Crippen LogP contribution in [0.4, 0.5) is 28.4 Å². The molecule has 0 aliphatic heterocycles. The average molecular weight is 878 g/mol. The maximum Gasteiger partial charge on any atom is 0.359 e. The van der Waals surface area contributed by atoms with Crippen molar-refractivity contribution in [2.45, 2.75) is 59.7 Å². The molecule has 0 aromatic carbocycles. The third-order valence-corrected chi connectivity index (χ3v) is 8.13. The molecule has 19 heteroatoms. The molecule has 5 aromatic rings. The Morgan fingerprint density at radius 2 is 0.763 bits per heavy atom. The number of pyridine rings is 5. The minimum absolute atomic E-state index is 0.00865. The summed E-state index contributed by atoms with van der Waals surface area (Å²) in [6.07, 6.45) is 0. The van der Waals surface area contributed by atoms with Gasteiger partial charge in [-0.3, -0.25) is 0 Å². The van der Waals surface area contributed by atoms with Crippen LogP contribution < -0.4 is 28.7 Å². The first-order valence-electron chi connectivity index (χ1n) is 18.1. The molecule has 18 nitrogen and oxygen atoms in total. The molecule has 12 N–H and O–H groups in total. The van der Waals surface area contributed by atoms with E-state index in [9.17, 15) is 24.6 Å². The number of aliphatic hydroxyl groups is 2. The molecule has 0 aliphatic rings. The van der Waals surface area contributed by atoms with Gasteiger partial charge >= 0.3 is 17.9 Å². The minimum atomic E-state index is -1.16. The van der Waals surface area contributed by atoms with Crippen molar-refractivity contribution in [3.63, 3.8) is 0 Å². The van der Waals surface area contributed by atoms with E-state index < -0.39 is 29.1 Å². The Labute approximate surface area is 349 Å². The number of rotatable bonds is 10. The number of nitrogen functional groups attached to an aromatic ring is 5. The largest absolute Gasteiger partial charge is 0.461 e. The summed E-state index contributed by atoms with van der Waals surface area (Å²) in [5.74, 6) is -1.75. The van der Waals surface area contributed by atoms with Crippen LogP contribution in [0, 0.1) is 0 Å². The van der Waals surface area contributed by atoms with Crippen molar-refractivity contribution in [2.24, 2.45) is 0 Å². The van der Waals surface area contributed by atoms with Gasteiger partial charge in [0.25, 0.3) is 0 Å². The number of ether oxygens (including phenoxy) is 3. The summed E-state index contributed by atoms with van der Waals surface area (Å²) >= 11 is 3.14. The monoisotopic (exact) mass is 876 g/mol. The fourth-order valence-electron chi connectivity index (χ4n) is 4.97. The predicted molar refractivity (Wildman–Crippen MR) is 227 cm³/mol. The first-order valence-corrected chi connectivity index (χ1v) is 18.9. The topological polar surface area (TPSA) is 314 Å². The van der Waals surface area contributed by atoms with Gasteiger partial charge < -0.3 is 53.1 Å². The molecule has 0 aliphatic carbocycles. The lowest BCUT2D eigenvalue weighted by Gasteiger charge is -2.21. The van der Waals surface area contributed by atoms with Crippen molar-refractivity contribution >= 4 is 62.3 Å². The molecule has 5 rings (SSSR count). The maximum absolute atomic E-state index is 11.9. The smallest absolute Gasteiger partial charge is 0.359 e. The molecule has 0 spiro atoms. The summed E-state index contributed by atoms with van der Waals surface area (Å²) in [6.45, 7) is 12.3. The van der Waals surface area contributed by atoms with Crippen LogP contribution in [0.25, 0.3) is 22.8 Å². The van der Waals surface area contributed by atoms with Gasteiger partial charge in [0.1, 0.15) is 15.8 Å². The molecular weight excluding hydrogens is 828 g/mol. The van der Waals surface area contributed by atoms with Gasteiger partial charge in [0, 0.05) is 0 Å². The average Bonchev–Trinajstić information content (AvgIpc) is 3.16. The number of nitrogens with two attached hydrogens (primary N) is 5. The van der Waals surface area contributed by atoms with Gasteiger partial charge in [0.15, 0.2) is 17.1 Å². The van der Waals surface area contributed by atoms with Gasteiger partial charge in [-0.05, 0) is 125 Å². The lowest BCUT2D eigenvalue weighted by molar-refractivity contribution is 0.0511. The Morgan fingerprint density at radius 1 is 0.492 bits per heavy atom. The van der Waals surface area contributed by atoms with Crippen molar-refractivity contribution in [1.82, 2.24) is 24.9 Å². The van der Waals surface area contributed by atoms with Crippen LogP contribution in [0.1, 0.15) is 91.3 Å². The van der Waals surface area contributed by atoms with Crippen LogP contribution in [0.5, 0.6) is 0 Å². The zero-order valence-corrected chi connectivity index (χ0v) is 35.3. The summed E-state index contributed by atoms with van der Waals surface area (Å²) in [5, 5.41) is 20.3. The quantitative estimate of drug-likeness (QED) is 0.0550. The Balaban J connectivity index is 0.000000247. The number of hydrogen-bond acceptors (Lipinski definition) is 18. The van der Waals surface area contributed by atoms with Crippen LogP contribution >= 0.6 is 15.9 Å². The summed E-state index contributed by atoms with van der Waals surface area (Å²) in [5.41, 5.74) is 30.7. The number of anilines is 5. The molecule has 5 heterocycles. The zero-order chi connectivity index (χ0) is 44.2. The summed E-state index contributed by atoms with van der Waals surface area (Å²) < 4.78 is 15.2. The molecule has 0 bridgehead atoms. The molecule has 0 unspecified atom stereocenters. The van der Waals surface area contributed by atoms with Gasteiger partial charge in [-0.2, -0.15) is 0 Å². The van der Waals surface area contributed by atoms with Gasteiger partial charge in [-0.15, -0.1) is 0 Å².